The van der Waals surface area contributed by atoms with Crippen LogP contribution in [0.3, 0.4) is 0 Å². The molecule has 5 heterocycles. The molecular formula is C57H38N4. The highest BCUT2D eigenvalue weighted by Crippen LogP contribution is 2.64. The number of hydrogen-bond donors (Lipinski definition) is 0. The lowest BCUT2D eigenvalue weighted by molar-refractivity contribution is 0.438. The van der Waals surface area contributed by atoms with E-state index in [1.165, 1.54) is 147 Å². The lowest BCUT2D eigenvalue weighted by atomic mass is 9.59. The number of nitrogens with zero attached hydrogens (tertiary/aromatic N) is 4. The zero-order valence-electron chi connectivity index (χ0n) is 34.1. The standard InChI is InChI=1S/C57H38N4/c1-27-31-15-9-17-33-28(2)42-50-46-38-19-22-57(20-7-8-21-57)52(38)30(26-59)24-40(46)60-41-23-29(25-58)43-44-34-11-3-5-13-36(34)45(37-14-6-4-12-35(37)44)49(43)48(41)51(56(50)60)47-39-18-10-16-32(27)54(39)61(53(31)33)55(42)47/h3-6,9-18,23-24,27-28,44-45H,7-8,19-22H2,1-2H3. The lowest BCUT2D eigenvalue weighted by Crippen LogP contribution is -2.28. The number of fused-ring (bicyclic) bond motifs is 12. The molecule has 2 aliphatic heterocycles. The first-order valence-electron chi connectivity index (χ1n) is 22.5. The van der Waals surface area contributed by atoms with Gasteiger partial charge in [-0.1, -0.05) is 112 Å². The highest BCUT2D eigenvalue weighted by Gasteiger charge is 2.48. The second-order valence-electron chi connectivity index (χ2n) is 19.5. The van der Waals surface area contributed by atoms with E-state index in [1.807, 2.05) is 0 Å². The van der Waals surface area contributed by atoms with E-state index in [0.29, 0.717) is 0 Å². The Hall–Kier alpha value is -6.88. The Bertz CT molecular complexity index is 3860. The van der Waals surface area contributed by atoms with Crippen LogP contribution in [0.25, 0.3) is 65.6 Å². The molecule has 7 aliphatic rings. The van der Waals surface area contributed by atoms with Crippen molar-refractivity contribution in [2.45, 2.75) is 81.5 Å². The molecule has 4 nitrogen and oxygen atoms in total. The summed E-state index contributed by atoms with van der Waals surface area (Å²) in [5, 5.41) is 30.5. The molecule has 2 bridgehead atoms. The molecule has 2 atom stereocenters. The van der Waals surface area contributed by atoms with Crippen molar-refractivity contribution in [1.29, 1.82) is 10.5 Å². The molecule has 0 radical (unpaired) electrons. The van der Waals surface area contributed by atoms with Gasteiger partial charge in [0, 0.05) is 56.0 Å². The van der Waals surface area contributed by atoms with E-state index in [-0.39, 0.29) is 29.1 Å². The summed E-state index contributed by atoms with van der Waals surface area (Å²) in [4.78, 5) is 0. The molecule has 1 spiro atoms. The quantitative estimate of drug-likeness (QED) is 0.154. The summed E-state index contributed by atoms with van der Waals surface area (Å²) in [6.45, 7) is 4.86. The van der Waals surface area contributed by atoms with Crippen molar-refractivity contribution < 1.29 is 0 Å². The number of hydrogen-bond acceptors (Lipinski definition) is 2. The Morgan fingerprint density at radius 3 is 1.85 bits per heavy atom. The molecule has 0 saturated heterocycles. The van der Waals surface area contributed by atoms with E-state index in [9.17, 15) is 10.5 Å². The van der Waals surface area contributed by atoms with Crippen LogP contribution in [0.4, 0.5) is 0 Å². The maximum atomic E-state index is 11.3. The Labute approximate surface area is 352 Å². The third kappa shape index (κ3) is 3.20. The Kier molecular flexibility index (Phi) is 5.33. The van der Waals surface area contributed by atoms with Crippen molar-refractivity contribution in [2.24, 2.45) is 0 Å². The maximum Gasteiger partial charge on any atom is 0.0995 e. The van der Waals surface area contributed by atoms with E-state index >= 15 is 0 Å². The number of aromatic nitrogens is 2. The molecule has 7 aromatic carbocycles. The summed E-state index contributed by atoms with van der Waals surface area (Å²) in [6.07, 6.45) is 6.96. The van der Waals surface area contributed by atoms with E-state index in [4.69, 9.17) is 0 Å². The molecule has 10 aromatic rings. The summed E-state index contributed by atoms with van der Waals surface area (Å²) >= 11 is 0. The van der Waals surface area contributed by atoms with Crippen LogP contribution in [0.2, 0.25) is 0 Å². The molecule has 61 heavy (non-hydrogen) atoms. The van der Waals surface area contributed by atoms with Gasteiger partial charge in [-0.2, -0.15) is 10.5 Å². The normalized spacial score (nSPS) is 21.6. The third-order valence-corrected chi connectivity index (χ3v) is 17.4. The lowest BCUT2D eigenvalue weighted by Gasteiger charge is -2.43. The zero-order valence-corrected chi connectivity index (χ0v) is 34.1. The summed E-state index contributed by atoms with van der Waals surface area (Å²) in [5.41, 5.74) is 25.6. The predicted octanol–water partition coefficient (Wildman–Crippen LogP) is 13.4. The molecule has 1 saturated carbocycles. The number of nitriles is 2. The van der Waals surface area contributed by atoms with Crippen LogP contribution >= 0.6 is 0 Å². The monoisotopic (exact) mass is 778 g/mol. The smallest absolute Gasteiger partial charge is 0.0995 e. The second kappa shape index (κ2) is 10.2. The molecular weight excluding hydrogens is 741 g/mol. The van der Waals surface area contributed by atoms with Crippen LogP contribution < -0.4 is 0 Å². The average molecular weight is 779 g/mol. The first kappa shape index (κ1) is 32.0. The van der Waals surface area contributed by atoms with E-state index < -0.39 is 0 Å². The summed E-state index contributed by atoms with van der Waals surface area (Å²) < 4.78 is 5.26. The van der Waals surface area contributed by atoms with Crippen molar-refractivity contribution in [3.8, 4) is 17.8 Å². The molecule has 3 aromatic heterocycles. The van der Waals surface area contributed by atoms with E-state index in [1.54, 1.807) is 0 Å². The van der Waals surface area contributed by atoms with Crippen LogP contribution in [0.5, 0.6) is 0 Å². The topological polar surface area (TPSA) is 56.9 Å². The predicted molar refractivity (Wildman–Crippen MR) is 243 cm³/mol. The number of benzene rings is 7. The number of para-hydroxylation sites is 2. The first-order chi connectivity index (χ1) is 30.0. The molecule has 0 amide bonds. The fourth-order valence-electron chi connectivity index (χ4n) is 15.3. The largest absolute Gasteiger partial charge is 0.308 e. The van der Waals surface area contributed by atoms with Gasteiger partial charge in [-0.05, 0) is 110 Å². The van der Waals surface area contributed by atoms with Crippen LogP contribution in [0.1, 0.15) is 148 Å². The second-order valence-corrected chi connectivity index (χ2v) is 19.5. The van der Waals surface area contributed by atoms with Crippen LogP contribution in [0.15, 0.2) is 97.1 Å². The molecule has 2 unspecified atom stereocenters. The van der Waals surface area contributed by atoms with Gasteiger partial charge in [0.2, 0.25) is 0 Å². The van der Waals surface area contributed by atoms with Crippen molar-refractivity contribution in [1.82, 2.24) is 8.97 Å². The summed E-state index contributed by atoms with van der Waals surface area (Å²) in [7, 11) is 0. The minimum Gasteiger partial charge on any atom is -0.308 e. The van der Waals surface area contributed by atoms with Gasteiger partial charge in [-0.25, -0.2) is 0 Å². The van der Waals surface area contributed by atoms with Crippen LogP contribution in [-0.4, -0.2) is 8.97 Å². The van der Waals surface area contributed by atoms with Crippen molar-refractivity contribution in [2.75, 3.05) is 0 Å². The third-order valence-electron chi connectivity index (χ3n) is 17.4. The first-order valence-corrected chi connectivity index (χ1v) is 22.5. The van der Waals surface area contributed by atoms with Gasteiger partial charge in [0.25, 0.3) is 0 Å². The number of rotatable bonds is 0. The molecule has 1 fully saturated rings. The van der Waals surface area contributed by atoms with Gasteiger partial charge in [0.05, 0.1) is 56.5 Å². The van der Waals surface area contributed by atoms with Gasteiger partial charge in [0.15, 0.2) is 0 Å². The average Bonchev–Trinajstić information content (AvgIpc) is 4.14. The molecule has 286 valence electrons. The van der Waals surface area contributed by atoms with Crippen molar-refractivity contribution >= 4 is 59.9 Å². The fraction of sp³-hybridized carbons (Fsp3) is 0.228. The SMILES string of the molecule is CC1c2cccc3c2-n2c4c1cccc4c1c4c5c6c(c(C#N)cc5n5c7cc(C#N)c8c(c7c(c(c12)C3C)c45)CCC81CCCC1)C1c2ccccc2C6c2ccccc21. The molecule has 0 N–H and O–H groups in total. The van der Waals surface area contributed by atoms with Crippen LogP contribution in [-0.2, 0) is 11.8 Å². The van der Waals surface area contributed by atoms with Gasteiger partial charge >= 0.3 is 0 Å². The molecule has 5 aliphatic carbocycles. The zero-order chi connectivity index (χ0) is 39.9. The van der Waals surface area contributed by atoms with Crippen LogP contribution in [0, 0.1) is 22.7 Å². The summed E-state index contributed by atoms with van der Waals surface area (Å²) in [5.74, 6) is 0.412. The Morgan fingerprint density at radius 1 is 0.541 bits per heavy atom. The Balaban J connectivity index is 1.23. The maximum absolute atomic E-state index is 11.3. The molecule has 4 heteroatoms. The Morgan fingerprint density at radius 2 is 1.15 bits per heavy atom. The van der Waals surface area contributed by atoms with E-state index in [0.717, 1.165) is 35.0 Å². The minimum atomic E-state index is -0.0189. The van der Waals surface area contributed by atoms with Gasteiger partial charge in [-0.3, -0.25) is 0 Å². The van der Waals surface area contributed by atoms with Gasteiger partial charge in [-0.15, -0.1) is 0 Å². The highest BCUT2D eigenvalue weighted by molar-refractivity contribution is 6.39. The van der Waals surface area contributed by atoms with Gasteiger partial charge < -0.3 is 8.97 Å². The highest BCUT2D eigenvalue weighted by atomic mass is 15.0. The fourth-order valence-corrected chi connectivity index (χ4v) is 15.3. The van der Waals surface area contributed by atoms with Crippen molar-refractivity contribution in [3.63, 3.8) is 0 Å². The van der Waals surface area contributed by atoms with E-state index in [2.05, 4.69) is 132 Å². The van der Waals surface area contributed by atoms with Gasteiger partial charge in [0.1, 0.15) is 0 Å². The van der Waals surface area contributed by atoms with Crippen molar-refractivity contribution in [3.05, 3.63) is 175 Å². The number of aryl methyl sites for hydroxylation is 1. The molecule has 17 rings (SSSR count). The summed E-state index contributed by atoms with van der Waals surface area (Å²) in [6, 6.07) is 42.3. The minimum absolute atomic E-state index is 0.00462.